The van der Waals surface area contributed by atoms with E-state index >= 15 is 0 Å². The molecule has 1 aromatic rings. The Bertz CT molecular complexity index is 625. The lowest BCUT2D eigenvalue weighted by Gasteiger charge is -2.29. The van der Waals surface area contributed by atoms with Gasteiger partial charge in [-0.15, -0.1) is 0 Å². The fourth-order valence-electron chi connectivity index (χ4n) is 4.15. The molecule has 6 nitrogen and oxygen atoms in total. The van der Waals surface area contributed by atoms with E-state index in [2.05, 4.69) is 32.9 Å². The van der Waals surface area contributed by atoms with Gasteiger partial charge in [-0.1, -0.05) is 23.7 Å². The van der Waals surface area contributed by atoms with Gasteiger partial charge in [-0.3, -0.25) is 9.69 Å². The third-order valence-corrected chi connectivity index (χ3v) is 5.65. The van der Waals surface area contributed by atoms with Gasteiger partial charge < -0.3 is 9.42 Å². The van der Waals surface area contributed by atoms with Crippen LogP contribution in [-0.2, 0) is 11.3 Å². The summed E-state index contributed by atoms with van der Waals surface area (Å²) >= 11 is 0. The number of hydrogen-bond acceptors (Lipinski definition) is 5. The average Bonchev–Trinajstić information content (AvgIpc) is 2.91. The molecule has 144 valence electrons. The topological polar surface area (TPSA) is 62.5 Å². The monoisotopic (exact) mass is 360 g/mol. The molecule has 1 atom stereocenters. The van der Waals surface area contributed by atoms with Gasteiger partial charge in [-0.2, -0.15) is 4.98 Å². The molecule has 1 aliphatic heterocycles. The minimum absolute atomic E-state index is 0.315. The Kier molecular flexibility index (Phi) is 6.83. The Morgan fingerprint density at radius 3 is 2.88 bits per heavy atom. The maximum absolute atomic E-state index is 12.7. The Balaban J connectivity index is 1.53. The summed E-state index contributed by atoms with van der Waals surface area (Å²) in [4.78, 5) is 21.5. The van der Waals surface area contributed by atoms with Crippen LogP contribution in [0.2, 0.25) is 0 Å². The molecule has 1 saturated heterocycles. The highest BCUT2D eigenvalue weighted by Gasteiger charge is 2.25. The highest BCUT2D eigenvalue weighted by atomic mass is 16.5. The molecule has 0 bridgehead atoms. The Morgan fingerprint density at radius 1 is 1.31 bits per heavy atom. The van der Waals surface area contributed by atoms with Crippen molar-refractivity contribution in [1.29, 1.82) is 0 Å². The van der Waals surface area contributed by atoms with E-state index in [1.54, 1.807) is 0 Å². The van der Waals surface area contributed by atoms with Crippen LogP contribution >= 0.6 is 0 Å². The molecule has 0 aromatic carbocycles. The second-order valence-electron chi connectivity index (χ2n) is 7.54. The Morgan fingerprint density at radius 2 is 2.19 bits per heavy atom. The highest BCUT2D eigenvalue weighted by Crippen LogP contribution is 2.23. The molecule has 3 rings (SSSR count). The van der Waals surface area contributed by atoms with Crippen LogP contribution in [0.5, 0.6) is 0 Å². The molecule has 0 radical (unpaired) electrons. The van der Waals surface area contributed by atoms with Crippen molar-refractivity contribution in [3.63, 3.8) is 0 Å². The number of nitrogens with zero attached hydrogens (tertiary/aromatic N) is 4. The van der Waals surface area contributed by atoms with Crippen LogP contribution in [0, 0.1) is 6.92 Å². The van der Waals surface area contributed by atoms with Gasteiger partial charge in [0, 0.05) is 32.5 Å². The van der Waals surface area contributed by atoms with Crippen molar-refractivity contribution >= 4 is 5.91 Å². The lowest BCUT2D eigenvalue weighted by molar-refractivity contribution is -0.130. The largest absolute Gasteiger partial charge is 0.342 e. The summed E-state index contributed by atoms with van der Waals surface area (Å²) in [6.07, 6.45) is 10.9. The quantitative estimate of drug-likeness (QED) is 0.727. The van der Waals surface area contributed by atoms with Crippen LogP contribution in [0.3, 0.4) is 0 Å². The molecule has 0 saturated carbocycles. The normalized spacial score (nSPS) is 21.6. The van der Waals surface area contributed by atoms with E-state index in [4.69, 9.17) is 4.52 Å². The van der Waals surface area contributed by atoms with Crippen molar-refractivity contribution in [2.24, 2.45) is 0 Å². The summed E-state index contributed by atoms with van der Waals surface area (Å²) in [7, 11) is 0. The average molecular weight is 361 g/mol. The molecule has 0 N–H and O–H groups in total. The van der Waals surface area contributed by atoms with Gasteiger partial charge in [0.1, 0.15) is 0 Å². The second kappa shape index (κ2) is 9.31. The summed E-state index contributed by atoms with van der Waals surface area (Å²) < 4.78 is 5.10. The lowest BCUT2D eigenvalue weighted by Crippen LogP contribution is -2.37. The zero-order valence-electron chi connectivity index (χ0n) is 16.2. The summed E-state index contributed by atoms with van der Waals surface area (Å²) in [5, 5.41) is 4.03. The molecular weight excluding hydrogens is 328 g/mol. The third kappa shape index (κ3) is 5.16. The molecule has 1 fully saturated rings. The Labute approximate surface area is 156 Å². The van der Waals surface area contributed by atoms with Crippen LogP contribution in [0.15, 0.2) is 16.2 Å². The predicted molar refractivity (Wildman–Crippen MR) is 101 cm³/mol. The van der Waals surface area contributed by atoms with Crippen molar-refractivity contribution in [3.05, 3.63) is 23.4 Å². The molecule has 26 heavy (non-hydrogen) atoms. The number of hydrogen-bond donors (Lipinski definition) is 0. The standard InChI is InChI=1S/C20H32N4O2/c1-3-23(15-19-21-16(2)26-22-19)18-10-7-12-24(13-11-18)20(25)14-17-8-5-4-6-9-17/h8,18H,3-7,9-15H2,1-2H3/t18-/m1/s1. The first kappa shape index (κ1) is 19.1. The number of allylic oxidation sites excluding steroid dienone is 1. The van der Waals surface area contributed by atoms with Crippen molar-refractivity contribution in [1.82, 2.24) is 19.9 Å². The number of aryl methyl sites for hydroxylation is 1. The van der Waals surface area contributed by atoms with Gasteiger partial charge >= 0.3 is 0 Å². The lowest BCUT2D eigenvalue weighted by atomic mass is 9.97. The summed E-state index contributed by atoms with van der Waals surface area (Å²) in [6, 6.07) is 0.477. The van der Waals surface area contributed by atoms with Crippen LogP contribution in [-0.4, -0.2) is 51.5 Å². The van der Waals surface area contributed by atoms with E-state index in [0.717, 1.165) is 64.1 Å². The molecule has 0 spiro atoms. The summed E-state index contributed by atoms with van der Waals surface area (Å²) in [6.45, 7) is 7.43. The smallest absolute Gasteiger partial charge is 0.226 e. The van der Waals surface area contributed by atoms with Crippen molar-refractivity contribution in [3.8, 4) is 0 Å². The van der Waals surface area contributed by atoms with Crippen LogP contribution in [0.25, 0.3) is 0 Å². The molecule has 2 heterocycles. The molecule has 1 aromatic heterocycles. The number of likely N-dealkylation sites (tertiary alicyclic amines) is 1. The number of carbonyl (C=O) groups excluding carboxylic acids is 1. The van der Waals surface area contributed by atoms with Crippen LogP contribution < -0.4 is 0 Å². The van der Waals surface area contributed by atoms with Gasteiger partial charge in [0.05, 0.1) is 6.54 Å². The zero-order valence-corrected chi connectivity index (χ0v) is 16.2. The first-order valence-electron chi connectivity index (χ1n) is 10.1. The van der Waals surface area contributed by atoms with E-state index < -0.39 is 0 Å². The fourth-order valence-corrected chi connectivity index (χ4v) is 4.15. The maximum atomic E-state index is 12.7. The molecule has 2 aliphatic rings. The first-order chi connectivity index (χ1) is 12.7. The number of carbonyl (C=O) groups is 1. The molecular formula is C20H32N4O2. The summed E-state index contributed by atoms with van der Waals surface area (Å²) in [5.74, 6) is 1.69. The van der Waals surface area contributed by atoms with E-state index in [9.17, 15) is 4.79 Å². The summed E-state index contributed by atoms with van der Waals surface area (Å²) in [5.41, 5.74) is 1.35. The molecule has 0 unspecified atom stereocenters. The Hall–Kier alpha value is -1.69. The second-order valence-corrected chi connectivity index (χ2v) is 7.54. The van der Waals surface area contributed by atoms with E-state index in [1.807, 2.05) is 6.92 Å². The van der Waals surface area contributed by atoms with Crippen molar-refractivity contribution < 1.29 is 9.32 Å². The van der Waals surface area contributed by atoms with Crippen molar-refractivity contribution in [2.75, 3.05) is 19.6 Å². The molecule has 6 heteroatoms. The van der Waals surface area contributed by atoms with Gasteiger partial charge in [0.15, 0.2) is 5.82 Å². The maximum Gasteiger partial charge on any atom is 0.226 e. The minimum Gasteiger partial charge on any atom is -0.342 e. The number of aromatic nitrogens is 2. The number of amides is 1. The van der Waals surface area contributed by atoms with Gasteiger partial charge in [-0.05, 0) is 51.5 Å². The fraction of sp³-hybridized carbons (Fsp3) is 0.750. The predicted octanol–water partition coefficient (Wildman–Crippen LogP) is 3.47. The van der Waals surface area contributed by atoms with Crippen LogP contribution in [0.1, 0.15) is 70.0 Å². The SMILES string of the molecule is CCN(Cc1noc(C)n1)[C@@H]1CCCN(C(=O)CC2=CCCCC2)CC1. The van der Waals surface area contributed by atoms with Crippen molar-refractivity contribution in [2.45, 2.75) is 77.8 Å². The van der Waals surface area contributed by atoms with Gasteiger partial charge in [-0.25, -0.2) is 0 Å². The highest BCUT2D eigenvalue weighted by molar-refractivity contribution is 5.78. The van der Waals surface area contributed by atoms with Gasteiger partial charge in [0.2, 0.25) is 11.8 Å². The molecule has 1 aliphatic carbocycles. The zero-order chi connectivity index (χ0) is 18.4. The number of rotatable bonds is 6. The third-order valence-electron chi connectivity index (χ3n) is 5.65. The van der Waals surface area contributed by atoms with E-state index in [1.165, 1.54) is 18.4 Å². The first-order valence-corrected chi connectivity index (χ1v) is 10.1. The van der Waals surface area contributed by atoms with Crippen LogP contribution in [0.4, 0.5) is 0 Å². The van der Waals surface area contributed by atoms with E-state index in [0.29, 0.717) is 24.3 Å². The van der Waals surface area contributed by atoms with Gasteiger partial charge in [0.25, 0.3) is 0 Å². The minimum atomic E-state index is 0.315. The molecule has 1 amide bonds. The van der Waals surface area contributed by atoms with E-state index in [-0.39, 0.29) is 0 Å².